The van der Waals surface area contributed by atoms with Gasteiger partial charge in [0.2, 0.25) is 0 Å². The van der Waals surface area contributed by atoms with Gasteiger partial charge in [-0.25, -0.2) is 4.39 Å². The number of carbonyl (C=O) groups is 1. The molecule has 2 rings (SSSR count). The molecule has 0 aliphatic carbocycles. The molecule has 1 aromatic rings. The molecule has 1 N–H and O–H groups in total. The first-order valence-corrected chi connectivity index (χ1v) is 6.68. The predicted octanol–water partition coefficient (Wildman–Crippen LogP) is 2.41. The maximum Gasteiger partial charge on any atom is 0.255 e. The van der Waals surface area contributed by atoms with Crippen LogP contribution in [-0.4, -0.2) is 36.0 Å². The first kappa shape index (κ1) is 13.5. The zero-order valence-corrected chi connectivity index (χ0v) is 12.1. The van der Waals surface area contributed by atoms with E-state index in [1.807, 2.05) is 0 Å². The molecule has 0 unspecified atom stereocenters. The molecule has 0 bridgehead atoms. The van der Waals surface area contributed by atoms with Crippen LogP contribution in [0.1, 0.15) is 24.2 Å². The van der Waals surface area contributed by atoms with Crippen molar-refractivity contribution in [3.05, 3.63) is 34.1 Å². The van der Waals surface area contributed by atoms with Gasteiger partial charge >= 0.3 is 0 Å². The zero-order valence-electron chi connectivity index (χ0n) is 10.5. The molecule has 1 aromatic carbocycles. The number of halogens is 2. The number of piperazine rings is 1. The Bertz CT molecular complexity index is 476. The van der Waals surface area contributed by atoms with Crippen molar-refractivity contribution in [2.45, 2.75) is 19.4 Å². The van der Waals surface area contributed by atoms with Crippen LogP contribution in [0.15, 0.2) is 22.7 Å². The average molecular weight is 315 g/mol. The molecule has 0 saturated carbocycles. The summed E-state index contributed by atoms with van der Waals surface area (Å²) in [5.74, 6) is -0.407. The van der Waals surface area contributed by atoms with Gasteiger partial charge in [-0.15, -0.1) is 0 Å². The number of benzene rings is 1. The first-order valence-electron chi connectivity index (χ1n) is 5.88. The van der Waals surface area contributed by atoms with Gasteiger partial charge in [-0.3, -0.25) is 4.79 Å². The molecule has 3 nitrogen and oxygen atoms in total. The molecule has 18 heavy (non-hydrogen) atoms. The van der Waals surface area contributed by atoms with Crippen LogP contribution in [0.2, 0.25) is 0 Å². The van der Waals surface area contributed by atoms with Gasteiger partial charge in [-0.05, 0) is 48.0 Å². The summed E-state index contributed by atoms with van der Waals surface area (Å²) in [6, 6.07) is 4.16. The fourth-order valence-electron chi connectivity index (χ4n) is 2.15. The molecule has 0 aromatic heterocycles. The lowest BCUT2D eigenvalue weighted by molar-refractivity contribution is 0.0651. The number of carbonyl (C=O) groups excluding carboxylic acids is 1. The molecule has 1 saturated heterocycles. The maximum absolute atomic E-state index is 13.0. The Morgan fingerprint density at radius 1 is 1.50 bits per heavy atom. The molecule has 1 aliphatic rings. The third-order valence-electron chi connectivity index (χ3n) is 3.02. The lowest BCUT2D eigenvalue weighted by atomic mass is 10.0. The SMILES string of the molecule is CC1(C)CN(C(=O)c2ccc(F)cc2Br)CCN1. The Morgan fingerprint density at radius 2 is 2.22 bits per heavy atom. The van der Waals surface area contributed by atoms with Crippen molar-refractivity contribution in [2.75, 3.05) is 19.6 Å². The normalized spacial score (nSPS) is 18.8. The summed E-state index contributed by atoms with van der Waals surface area (Å²) >= 11 is 3.24. The molecular formula is C13H16BrFN2O. The van der Waals surface area contributed by atoms with Gasteiger partial charge in [0.05, 0.1) is 5.56 Å². The van der Waals surface area contributed by atoms with Crippen LogP contribution < -0.4 is 5.32 Å². The topological polar surface area (TPSA) is 32.3 Å². The second-order valence-electron chi connectivity index (χ2n) is 5.16. The molecule has 1 fully saturated rings. The molecule has 1 amide bonds. The van der Waals surface area contributed by atoms with Crippen LogP contribution in [0.3, 0.4) is 0 Å². The number of nitrogens with zero attached hydrogens (tertiary/aromatic N) is 1. The van der Waals surface area contributed by atoms with Gasteiger partial charge in [0.15, 0.2) is 0 Å². The summed E-state index contributed by atoms with van der Waals surface area (Å²) in [5.41, 5.74) is 0.426. The van der Waals surface area contributed by atoms with E-state index in [2.05, 4.69) is 35.1 Å². The largest absolute Gasteiger partial charge is 0.336 e. The van der Waals surface area contributed by atoms with Crippen LogP contribution in [0.25, 0.3) is 0 Å². The van der Waals surface area contributed by atoms with E-state index < -0.39 is 0 Å². The number of rotatable bonds is 1. The maximum atomic E-state index is 13.0. The van der Waals surface area contributed by atoms with E-state index in [1.54, 1.807) is 4.90 Å². The van der Waals surface area contributed by atoms with Crippen molar-refractivity contribution in [3.8, 4) is 0 Å². The average Bonchev–Trinajstić information content (AvgIpc) is 2.27. The van der Waals surface area contributed by atoms with Crippen molar-refractivity contribution in [3.63, 3.8) is 0 Å². The van der Waals surface area contributed by atoms with Crippen LogP contribution in [0.5, 0.6) is 0 Å². The third-order valence-corrected chi connectivity index (χ3v) is 3.68. The van der Waals surface area contributed by atoms with E-state index >= 15 is 0 Å². The first-order chi connectivity index (χ1) is 8.39. The molecule has 1 heterocycles. The zero-order chi connectivity index (χ0) is 13.3. The number of amides is 1. The summed E-state index contributed by atoms with van der Waals surface area (Å²) in [6.07, 6.45) is 0. The van der Waals surface area contributed by atoms with Gasteiger partial charge in [-0.2, -0.15) is 0 Å². The highest BCUT2D eigenvalue weighted by molar-refractivity contribution is 9.10. The molecule has 98 valence electrons. The fourth-order valence-corrected chi connectivity index (χ4v) is 2.67. The molecule has 0 atom stereocenters. The lowest BCUT2D eigenvalue weighted by Gasteiger charge is -2.39. The standard InChI is InChI=1S/C13H16BrFN2O/c1-13(2)8-17(6-5-16-13)12(18)10-4-3-9(15)7-11(10)14/h3-4,7,16H,5-6,8H2,1-2H3. The number of hydrogen-bond donors (Lipinski definition) is 1. The number of hydrogen-bond acceptors (Lipinski definition) is 2. The second kappa shape index (κ2) is 4.97. The lowest BCUT2D eigenvalue weighted by Crippen LogP contribution is -2.58. The van der Waals surface area contributed by atoms with E-state index in [0.717, 1.165) is 6.54 Å². The summed E-state index contributed by atoms with van der Waals surface area (Å²) in [5, 5.41) is 3.35. The van der Waals surface area contributed by atoms with Crippen LogP contribution in [-0.2, 0) is 0 Å². The monoisotopic (exact) mass is 314 g/mol. The van der Waals surface area contributed by atoms with Crippen molar-refractivity contribution in [1.82, 2.24) is 10.2 Å². The smallest absolute Gasteiger partial charge is 0.255 e. The fraction of sp³-hybridized carbons (Fsp3) is 0.462. The van der Waals surface area contributed by atoms with E-state index in [-0.39, 0.29) is 17.3 Å². The van der Waals surface area contributed by atoms with E-state index in [1.165, 1.54) is 18.2 Å². The Morgan fingerprint density at radius 3 is 2.83 bits per heavy atom. The van der Waals surface area contributed by atoms with Crippen LogP contribution in [0.4, 0.5) is 4.39 Å². The highest BCUT2D eigenvalue weighted by Crippen LogP contribution is 2.21. The van der Waals surface area contributed by atoms with Crippen molar-refractivity contribution in [2.24, 2.45) is 0 Å². The van der Waals surface area contributed by atoms with Crippen molar-refractivity contribution < 1.29 is 9.18 Å². The van der Waals surface area contributed by atoms with Crippen molar-refractivity contribution >= 4 is 21.8 Å². The van der Waals surface area contributed by atoms with E-state index in [0.29, 0.717) is 23.1 Å². The van der Waals surface area contributed by atoms with Gasteiger partial charge in [0, 0.05) is 29.6 Å². The summed E-state index contributed by atoms with van der Waals surface area (Å²) in [7, 11) is 0. The predicted molar refractivity (Wildman–Crippen MR) is 72.1 cm³/mol. The van der Waals surface area contributed by atoms with Crippen molar-refractivity contribution in [1.29, 1.82) is 0 Å². The molecule has 0 spiro atoms. The molecule has 5 heteroatoms. The molecule has 1 aliphatic heterocycles. The summed E-state index contributed by atoms with van der Waals surface area (Å²) in [4.78, 5) is 14.2. The summed E-state index contributed by atoms with van der Waals surface area (Å²) in [6.45, 7) is 6.22. The molecule has 0 radical (unpaired) electrons. The highest BCUT2D eigenvalue weighted by atomic mass is 79.9. The van der Waals surface area contributed by atoms with Crippen LogP contribution in [0, 0.1) is 5.82 Å². The van der Waals surface area contributed by atoms with E-state index in [9.17, 15) is 9.18 Å². The quantitative estimate of drug-likeness (QED) is 0.863. The highest BCUT2D eigenvalue weighted by Gasteiger charge is 2.29. The van der Waals surface area contributed by atoms with E-state index in [4.69, 9.17) is 0 Å². The third kappa shape index (κ3) is 2.90. The minimum absolute atomic E-state index is 0.0588. The minimum Gasteiger partial charge on any atom is -0.336 e. The van der Waals surface area contributed by atoms with Gasteiger partial charge in [0.1, 0.15) is 5.82 Å². The Labute approximate surface area is 114 Å². The summed E-state index contributed by atoms with van der Waals surface area (Å²) < 4.78 is 13.5. The Kier molecular flexibility index (Phi) is 3.73. The van der Waals surface area contributed by atoms with Gasteiger partial charge in [-0.1, -0.05) is 0 Å². The van der Waals surface area contributed by atoms with Gasteiger partial charge < -0.3 is 10.2 Å². The molecular weight excluding hydrogens is 299 g/mol. The van der Waals surface area contributed by atoms with Crippen LogP contribution >= 0.6 is 15.9 Å². The van der Waals surface area contributed by atoms with Gasteiger partial charge in [0.25, 0.3) is 5.91 Å². The second-order valence-corrected chi connectivity index (χ2v) is 6.02. The number of nitrogens with one attached hydrogen (secondary N) is 1. The minimum atomic E-state index is -0.348. The Balaban J connectivity index is 2.20. The Hall–Kier alpha value is -0.940.